The van der Waals surface area contributed by atoms with Crippen LogP contribution in [-0.2, 0) is 10.2 Å². The Morgan fingerprint density at radius 3 is 2.44 bits per heavy atom. The zero-order valence-electron chi connectivity index (χ0n) is 14.2. The number of ether oxygens (including phenoxy) is 1. The van der Waals surface area contributed by atoms with E-state index in [1.807, 2.05) is 20.8 Å². The van der Waals surface area contributed by atoms with Crippen LogP contribution in [0.3, 0.4) is 0 Å². The van der Waals surface area contributed by atoms with Crippen LogP contribution in [0.1, 0.15) is 36.0 Å². The minimum atomic E-state index is -0.531. The predicted octanol–water partition coefficient (Wildman–Crippen LogP) is 5.78. The summed E-state index contributed by atoms with van der Waals surface area (Å²) in [7, 11) is 1.30. The highest BCUT2D eigenvalue weighted by molar-refractivity contribution is 7.16. The molecule has 1 aromatic heterocycles. The van der Waals surface area contributed by atoms with E-state index in [2.05, 4.69) is 10.6 Å². The first-order valence-corrected chi connectivity index (χ1v) is 8.95. The van der Waals surface area contributed by atoms with E-state index >= 15 is 0 Å². The molecule has 0 bridgehead atoms. The van der Waals surface area contributed by atoms with E-state index in [0.29, 0.717) is 21.3 Å². The number of rotatable bonds is 3. The van der Waals surface area contributed by atoms with Crippen LogP contribution in [0.2, 0.25) is 10.0 Å². The van der Waals surface area contributed by atoms with Gasteiger partial charge in [-0.25, -0.2) is 9.59 Å². The Hall–Kier alpha value is -1.76. The van der Waals surface area contributed by atoms with Gasteiger partial charge in [-0.1, -0.05) is 50.0 Å². The van der Waals surface area contributed by atoms with Crippen LogP contribution in [0, 0.1) is 0 Å². The van der Waals surface area contributed by atoms with Gasteiger partial charge in [0, 0.05) is 4.88 Å². The molecule has 0 atom stereocenters. The number of amides is 2. The lowest BCUT2D eigenvalue weighted by Crippen LogP contribution is -2.20. The van der Waals surface area contributed by atoms with Crippen LogP contribution in [0.25, 0.3) is 0 Å². The van der Waals surface area contributed by atoms with Gasteiger partial charge in [-0.3, -0.25) is 5.32 Å². The van der Waals surface area contributed by atoms with Crippen LogP contribution in [0.4, 0.5) is 15.5 Å². The van der Waals surface area contributed by atoms with E-state index < -0.39 is 12.0 Å². The Labute approximate surface area is 160 Å². The Kier molecular flexibility index (Phi) is 5.98. The maximum Gasteiger partial charge on any atom is 0.340 e. The second-order valence-electron chi connectivity index (χ2n) is 6.28. The molecule has 1 heterocycles. The molecule has 2 aromatic rings. The van der Waals surface area contributed by atoms with Crippen molar-refractivity contribution in [3.63, 3.8) is 0 Å². The molecule has 2 rings (SSSR count). The van der Waals surface area contributed by atoms with Crippen molar-refractivity contribution in [1.82, 2.24) is 0 Å². The summed E-state index contributed by atoms with van der Waals surface area (Å²) in [5, 5.41) is 6.29. The zero-order chi connectivity index (χ0) is 18.8. The molecule has 2 amide bonds. The molecular weight excluding hydrogens is 383 g/mol. The number of methoxy groups -OCH3 is 1. The third-order valence-electron chi connectivity index (χ3n) is 3.30. The van der Waals surface area contributed by atoms with Gasteiger partial charge in [0.05, 0.1) is 28.4 Å². The summed E-state index contributed by atoms with van der Waals surface area (Å²) in [5.74, 6) is -0.511. The fraction of sp³-hybridized carbons (Fsp3) is 0.294. The van der Waals surface area contributed by atoms with Gasteiger partial charge in [-0.15, -0.1) is 11.3 Å². The van der Waals surface area contributed by atoms with E-state index in [4.69, 9.17) is 27.9 Å². The Balaban J connectivity index is 2.26. The molecule has 0 aliphatic carbocycles. The number of carbonyl (C=O) groups is 2. The van der Waals surface area contributed by atoms with E-state index in [-0.39, 0.29) is 10.4 Å². The summed E-state index contributed by atoms with van der Waals surface area (Å²) in [6, 6.07) is 6.13. The molecule has 134 valence electrons. The molecule has 0 unspecified atom stereocenters. The summed E-state index contributed by atoms with van der Waals surface area (Å²) in [6.45, 7) is 6.07. The molecular formula is C17H18Cl2N2O3S. The lowest BCUT2D eigenvalue weighted by molar-refractivity contribution is 0.0602. The second-order valence-corrected chi connectivity index (χ2v) is 8.11. The molecule has 0 fully saturated rings. The topological polar surface area (TPSA) is 67.4 Å². The first kappa shape index (κ1) is 19.6. The van der Waals surface area contributed by atoms with E-state index in [0.717, 1.165) is 4.88 Å². The van der Waals surface area contributed by atoms with Crippen molar-refractivity contribution in [2.45, 2.75) is 26.2 Å². The van der Waals surface area contributed by atoms with Gasteiger partial charge in [-0.2, -0.15) is 0 Å². The van der Waals surface area contributed by atoms with Gasteiger partial charge < -0.3 is 10.1 Å². The van der Waals surface area contributed by atoms with Gasteiger partial charge >= 0.3 is 12.0 Å². The highest BCUT2D eigenvalue weighted by Gasteiger charge is 2.24. The molecule has 0 saturated heterocycles. The monoisotopic (exact) mass is 400 g/mol. The second kappa shape index (κ2) is 7.64. The van der Waals surface area contributed by atoms with Crippen molar-refractivity contribution < 1.29 is 14.3 Å². The number of thiophene rings is 1. The van der Waals surface area contributed by atoms with Crippen molar-refractivity contribution in [2.75, 3.05) is 17.7 Å². The normalized spacial score (nSPS) is 11.1. The summed E-state index contributed by atoms with van der Waals surface area (Å²) >= 11 is 13.3. The average molecular weight is 401 g/mol. The van der Waals surface area contributed by atoms with Crippen molar-refractivity contribution in [3.05, 3.63) is 44.8 Å². The zero-order valence-corrected chi connectivity index (χ0v) is 16.5. The maximum atomic E-state index is 12.3. The predicted molar refractivity (Wildman–Crippen MR) is 103 cm³/mol. The average Bonchev–Trinajstić information content (AvgIpc) is 2.95. The molecule has 25 heavy (non-hydrogen) atoms. The highest BCUT2D eigenvalue weighted by atomic mass is 35.5. The van der Waals surface area contributed by atoms with Gasteiger partial charge in [0.2, 0.25) is 0 Å². The number of anilines is 2. The standard InChI is InChI=1S/C17H18Cl2N2O3S/c1-17(2,3)12-8-9(15(22)24-4)14(25-12)21-16(23)20-11-7-5-6-10(18)13(11)19/h5-8H,1-4H3,(H2,20,21,23). The van der Waals surface area contributed by atoms with Crippen LogP contribution >= 0.6 is 34.5 Å². The Morgan fingerprint density at radius 1 is 1.16 bits per heavy atom. The molecule has 0 aliphatic rings. The lowest BCUT2D eigenvalue weighted by Gasteiger charge is -2.15. The minimum Gasteiger partial charge on any atom is -0.465 e. The first-order chi connectivity index (χ1) is 11.6. The third-order valence-corrected chi connectivity index (χ3v) is 5.60. The molecule has 0 saturated carbocycles. The first-order valence-electron chi connectivity index (χ1n) is 7.38. The van der Waals surface area contributed by atoms with Crippen molar-refractivity contribution in [1.29, 1.82) is 0 Å². The van der Waals surface area contributed by atoms with E-state index in [1.54, 1.807) is 24.3 Å². The number of halogens is 2. The number of nitrogens with one attached hydrogen (secondary N) is 2. The SMILES string of the molecule is COC(=O)c1cc(C(C)(C)C)sc1NC(=O)Nc1cccc(Cl)c1Cl. The minimum absolute atomic E-state index is 0.167. The summed E-state index contributed by atoms with van der Waals surface area (Å²) in [4.78, 5) is 25.2. The number of benzene rings is 1. The number of urea groups is 1. The van der Waals surface area contributed by atoms with E-state index in [9.17, 15) is 9.59 Å². The number of hydrogen-bond donors (Lipinski definition) is 2. The van der Waals surface area contributed by atoms with Crippen molar-refractivity contribution in [2.24, 2.45) is 0 Å². The van der Waals surface area contributed by atoms with Crippen molar-refractivity contribution >= 4 is 57.2 Å². The third kappa shape index (κ3) is 4.66. The smallest absolute Gasteiger partial charge is 0.340 e. The number of hydrogen-bond acceptors (Lipinski definition) is 4. The van der Waals surface area contributed by atoms with Crippen LogP contribution in [0.5, 0.6) is 0 Å². The molecule has 1 aromatic carbocycles. The van der Waals surface area contributed by atoms with Crippen LogP contribution < -0.4 is 10.6 Å². The number of esters is 1. The largest absolute Gasteiger partial charge is 0.465 e. The van der Waals surface area contributed by atoms with Crippen LogP contribution in [-0.4, -0.2) is 19.1 Å². The molecule has 0 spiro atoms. The summed E-state index contributed by atoms with van der Waals surface area (Å²) in [6.07, 6.45) is 0. The molecule has 0 aliphatic heterocycles. The Morgan fingerprint density at radius 2 is 1.84 bits per heavy atom. The molecule has 0 radical (unpaired) electrons. The quantitative estimate of drug-likeness (QED) is 0.641. The van der Waals surface area contributed by atoms with Gasteiger partial charge in [-0.05, 0) is 23.6 Å². The van der Waals surface area contributed by atoms with Crippen molar-refractivity contribution in [3.8, 4) is 0 Å². The molecule has 2 N–H and O–H groups in total. The summed E-state index contributed by atoms with van der Waals surface area (Å²) in [5.41, 5.74) is 0.517. The number of carbonyl (C=O) groups excluding carboxylic acids is 2. The molecule has 8 heteroatoms. The fourth-order valence-corrected chi connectivity index (χ4v) is 3.42. The van der Waals surface area contributed by atoms with E-state index in [1.165, 1.54) is 18.4 Å². The molecule has 5 nitrogen and oxygen atoms in total. The van der Waals surface area contributed by atoms with Gasteiger partial charge in [0.25, 0.3) is 0 Å². The van der Waals surface area contributed by atoms with Gasteiger partial charge in [0.15, 0.2) is 0 Å². The lowest BCUT2D eigenvalue weighted by atomic mass is 9.94. The summed E-state index contributed by atoms with van der Waals surface area (Å²) < 4.78 is 4.80. The Bertz CT molecular complexity index is 813. The van der Waals surface area contributed by atoms with Crippen LogP contribution in [0.15, 0.2) is 24.3 Å². The maximum absolute atomic E-state index is 12.3. The fourth-order valence-electron chi connectivity index (χ4n) is 1.97. The van der Waals surface area contributed by atoms with Gasteiger partial charge in [0.1, 0.15) is 5.00 Å². The highest BCUT2D eigenvalue weighted by Crippen LogP contribution is 2.36.